The fourth-order valence-electron chi connectivity index (χ4n) is 7.73. The lowest BCUT2D eigenvalue weighted by Gasteiger charge is -2.19. The second kappa shape index (κ2) is 53.1. The number of rotatable bonds is 52. The lowest BCUT2D eigenvalue weighted by molar-refractivity contribution is -0.161. The number of esters is 2. The predicted octanol–water partition coefficient (Wildman–Crippen LogP) is 17.2. The second-order valence-corrected chi connectivity index (χ2v) is 19.9. The van der Waals surface area contributed by atoms with E-state index in [9.17, 15) is 19.0 Å². The van der Waals surface area contributed by atoms with Crippen molar-refractivity contribution < 1.29 is 37.6 Å². The molecule has 0 saturated heterocycles. The molecule has 0 radical (unpaired) electrons. The van der Waals surface area contributed by atoms with E-state index in [0.717, 1.165) is 70.6 Å². The molecule has 0 aliphatic rings. The quantitative estimate of drug-likeness (QED) is 0.0264. The third-order valence-electron chi connectivity index (χ3n) is 11.9. The number of unbranched alkanes of at least 4 members (excludes halogenated alkanes) is 29. The molecule has 0 aliphatic carbocycles. The molecular formula is C57H104NO8P. The first-order valence-electron chi connectivity index (χ1n) is 27.8. The Morgan fingerprint density at radius 2 is 0.776 bits per heavy atom. The lowest BCUT2D eigenvalue weighted by Crippen LogP contribution is -2.29. The van der Waals surface area contributed by atoms with Crippen molar-refractivity contribution in [1.82, 2.24) is 0 Å². The maximum absolute atomic E-state index is 12.7. The van der Waals surface area contributed by atoms with Gasteiger partial charge in [0.1, 0.15) is 6.61 Å². The smallest absolute Gasteiger partial charge is 0.462 e. The highest BCUT2D eigenvalue weighted by Gasteiger charge is 2.26. The molecule has 9 nitrogen and oxygen atoms in total. The molecule has 0 rings (SSSR count). The van der Waals surface area contributed by atoms with E-state index in [4.69, 9.17) is 24.3 Å². The number of phosphoric acid groups is 1. The number of carbonyl (C=O) groups is 2. The van der Waals surface area contributed by atoms with Crippen molar-refractivity contribution in [2.75, 3.05) is 26.4 Å². The van der Waals surface area contributed by atoms with Crippen molar-refractivity contribution >= 4 is 19.8 Å². The number of phosphoric ester groups is 1. The molecule has 2 unspecified atom stereocenters. The lowest BCUT2D eigenvalue weighted by atomic mass is 10.0. The molecule has 2 atom stereocenters. The second-order valence-electron chi connectivity index (χ2n) is 18.4. The van der Waals surface area contributed by atoms with E-state index in [1.54, 1.807) is 0 Å². The van der Waals surface area contributed by atoms with Crippen LogP contribution in [0.2, 0.25) is 0 Å². The molecule has 0 amide bonds. The van der Waals surface area contributed by atoms with Crippen LogP contribution in [-0.2, 0) is 32.7 Å². The summed E-state index contributed by atoms with van der Waals surface area (Å²) in [4.78, 5) is 35.1. The number of nitrogens with two attached hydrogens (primary N) is 1. The molecule has 0 aromatic heterocycles. The minimum atomic E-state index is -4.39. The van der Waals surface area contributed by atoms with Gasteiger partial charge in [-0.2, -0.15) is 0 Å². The first-order chi connectivity index (χ1) is 32.8. The molecule has 0 bridgehead atoms. The van der Waals surface area contributed by atoms with Crippen molar-refractivity contribution in [3.8, 4) is 0 Å². The summed E-state index contributed by atoms with van der Waals surface area (Å²) in [7, 11) is -4.39. The third kappa shape index (κ3) is 52.9. The van der Waals surface area contributed by atoms with E-state index in [2.05, 4.69) is 74.6 Å². The van der Waals surface area contributed by atoms with Crippen molar-refractivity contribution in [2.45, 2.75) is 264 Å². The number of ether oxygens (including phenoxy) is 2. The molecule has 0 spiro atoms. The zero-order valence-electron chi connectivity index (χ0n) is 43.4. The van der Waals surface area contributed by atoms with Crippen molar-refractivity contribution in [1.29, 1.82) is 0 Å². The summed E-state index contributed by atoms with van der Waals surface area (Å²) in [5.41, 5.74) is 5.38. The highest BCUT2D eigenvalue weighted by atomic mass is 31.2. The third-order valence-corrected chi connectivity index (χ3v) is 12.9. The maximum Gasteiger partial charge on any atom is 0.472 e. The molecule has 0 aromatic carbocycles. The summed E-state index contributed by atoms with van der Waals surface area (Å²) < 4.78 is 33.0. The largest absolute Gasteiger partial charge is 0.472 e. The molecule has 0 heterocycles. The van der Waals surface area contributed by atoms with Crippen LogP contribution >= 0.6 is 7.82 Å². The Bertz CT molecular complexity index is 1280. The van der Waals surface area contributed by atoms with E-state index in [0.29, 0.717) is 6.42 Å². The first kappa shape index (κ1) is 64.7. The van der Waals surface area contributed by atoms with Gasteiger partial charge in [0.15, 0.2) is 6.10 Å². The van der Waals surface area contributed by atoms with E-state index in [-0.39, 0.29) is 38.6 Å². The minimum absolute atomic E-state index is 0.0503. The molecule has 10 heteroatoms. The van der Waals surface area contributed by atoms with Crippen LogP contribution < -0.4 is 5.73 Å². The Hall–Kier alpha value is -2.29. The molecule has 0 aliphatic heterocycles. The predicted molar refractivity (Wildman–Crippen MR) is 284 cm³/mol. The zero-order valence-corrected chi connectivity index (χ0v) is 44.3. The van der Waals surface area contributed by atoms with Crippen LogP contribution in [0.1, 0.15) is 258 Å². The van der Waals surface area contributed by atoms with Gasteiger partial charge in [0, 0.05) is 19.4 Å². The van der Waals surface area contributed by atoms with Crippen LogP contribution in [0.3, 0.4) is 0 Å². The van der Waals surface area contributed by atoms with Crippen LogP contribution in [0.5, 0.6) is 0 Å². The van der Waals surface area contributed by atoms with Gasteiger partial charge in [-0.25, -0.2) is 4.57 Å². The summed E-state index contributed by atoms with van der Waals surface area (Å²) in [5, 5.41) is 0. The van der Waals surface area contributed by atoms with Gasteiger partial charge in [-0.05, 0) is 83.5 Å². The van der Waals surface area contributed by atoms with Gasteiger partial charge in [-0.1, -0.05) is 222 Å². The van der Waals surface area contributed by atoms with Crippen molar-refractivity contribution in [2.24, 2.45) is 5.73 Å². The van der Waals surface area contributed by atoms with Gasteiger partial charge >= 0.3 is 19.8 Å². The van der Waals surface area contributed by atoms with Gasteiger partial charge in [-0.3, -0.25) is 18.6 Å². The van der Waals surface area contributed by atoms with E-state index in [1.165, 1.54) is 154 Å². The summed E-state index contributed by atoms with van der Waals surface area (Å²) in [6, 6.07) is 0. The highest BCUT2D eigenvalue weighted by molar-refractivity contribution is 7.47. The monoisotopic (exact) mass is 962 g/mol. The topological polar surface area (TPSA) is 134 Å². The molecular weight excluding hydrogens is 858 g/mol. The summed E-state index contributed by atoms with van der Waals surface area (Å²) >= 11 is 0. The Kier molecular flexibility index (Phi) is 51.3. The fourth-order valence-corrected chi connectivity index (χ4v) is 8.50. The van der Waals surface area contributed by atoms with Crippen LogP contribution in [0, 0.1) is 0 Å². The Labute approximate surface area is 412 Å². The van der Waals surface area contributed by atoms with Gasteiger partial charge in [-0.15, -0.1) is 0 Å². The SMILES string of the molecule is CCCCCCC/C=C\C/C=C\C/C=C\CCCCCCCCCCCCC(=O)OC(COC(=O)CCCCCCCCCCC/C=C\C/C=C\CCCCCCC)COP(=O)(O)OCCN. The van der Waals surface area contributed by atoms with Crippen LogP contribution in [-0.4, -0.2) is 49.3 Å². The fraction of sp³-hybridized carbons (Fsp3) is 0.789. The minimum Gasteiger partial charge on any atom is -0.462 e. The van der Waals surface area contributed by atoms with Crippen molar-refractivity contribution in [3.63, 3.8) is 0 Å². The molecule has 67 heavy (non-hydrogen) atoms. The van der Waals surface area contributed by atoms with Gasteiger partial charge in [0.05, 0.1) is 13.2 Å². The summed E-state index contributed by atoms with van der Waals surface area (Å²) in [5.74, 6) is -0.832. The Morgan fingerprint density at radius 1 is 0.448 bits per heavy atom. The number of hydrogen-bond acceptors (Lipinski definition) is 8. The van der Waals surface area contributed by atoms with Crippen molar-refractivity contribution in [3.05, 3.63) is 60.8 Å². The normalized spacial score (nSPS) is 13.6. The number of allylic oxidation sites excluding steroid dienone is 10. The molecule has 3 N–H and O–H groups in total. The first-order valence-corrected chi connectivity index (χ1v) is 29.3. The average Bonchev–Trinajstić information content (AvgIpc) is 3.32. The van der Waals surface area contributed by atoms with E-state index in [1.807, 2.05) is 0 Å². The van der Waals surface area contributed by atoms with Gasteiger partial charge in [0.2, 0.25) is 0 Å². The summed E-state index contributed by atoms with van der Waals surface area (Å²) in [6.45, 7) is 3.73. The van der Waals surface area contributed by atoms with E-state index >= 15 is 0 Å². The zero-order chi connectivity index (χ0) is 48.8. The number of hydrogen-bond donors (Lipinski definition) is 2. The van der Waals surface area contributed by atoms with Gasteiger partial charge in [0.25, 0.3) is 0 Å². The van der Waals surface area contributed by atoms with Crippen LogP contribution in [0.15, 0.2) is 60.8 Å². The molecule has 0 aromatic rings. The Morgan fingerprint density at radius 3 is 1.15 bits per heavy atom. The summed E-state index contributed by atoms with van der Waals surface area (Å²) in [6.07, 6.45) is 65.4. The molecule has 0 fully saturated rings. The van der Waals surface area contributed by atoms with E-state index < -0.39 is 26.5 Å². The van der Waals surface area contributed by atoms with Crippen LogP contribution in [0.4, 0.5) is 0 Å². The van der Waals surface area contributed by atoms with Crippen LogP contribution in [0.25, 0.3) is 0 Å². The Balaban J connectivity index is 4.03. The average molecular weight is 962 g/mol. The van der Waals surface area contributed by atoms with Gasteiger partial charge < -0.3 is 20.1 Å². The highest BCUT2D eigenvalue weighted by Crippen LogP contribution is 2.43. The number of carbonyl (C=O) groups excluding carboxylic acids is 2. The maximum atomic E-state index is 12.7. The molecule has 0 saturated carbocycles. The molecule has 390 valence electrons. The standard InChI is InChI=1S/C57H104NO8P/c1-3-5-7-9-11-13-15-17-19-21-23-25-26-27-28-30-32-34-36-38-40-42-44-46-48-50-57(60)66-55(54-65-67(61,62)64-52-51-58)53-63-56(59)49-47-45-43-41-39-37-35-33-31-29-24-22-20-18-16-14-12-10-8-6-4-2/h15-18,21-24,26-27,55H,3-14,19-20,25,28-54,58H2,1-2H3,(H,61,62)/b17-15-,18-16-,23-21-,24-22-,27-26-.